The van der Waals surface area contributed by atoms with E-state index in [2.05, 4.69) is 0 Å². The molecule has 1 aromatic rings. The Balaban J connectivity index is 0.000000217. The summed E-state index contributed by atoms with van der Waals surface area (Å²) in [5.74, 6) is 0.322. The van der Waals surface area contributed by atoms with Crippen LogP contribution in [-0.4, -0.2) is 15.8 Å². The zero-order chi connectivity index (χ0) is 9.61. The van der Waals surface area contributed by atoms with E-state index in [1.54, 1.807) is 45.0 Å². The average Bonchev–Trinajstić information content (AvgIpc) is 1.85. The lowest BCUT2D eigenvalue weighted by Gasteiger charge is -2.04. The fourth-order valence-electron chi connectivity index (χ4n) is 0.428. The summed E-state index contributed by atoms with van der Waals surface area (Å²) < 4.78 is 0. The van der Waals surface area contributed by atoms with Gasteiger partial charge in [0.2, 0.25) is 0 Å². The quantitative estimate of drug-likeness (QED) is 0.623. The molecule has 0 atom stereocenters. The highest BCUT2D eigenvalue weighted by atomic mass is 16.3. The van der Waals surface area contributed by atoms with Gasteiger partial charge in [0, 0.05) is 0 Å². The Labute approximate surface area is 73.5 Å². The van der Waals surface area contributed by atoms with Crippen molar-refractivity contribution in [2.75, 3.05) is 0 Å². The van der Waals surface area contributed by atoms with E-state index in [0.717, 1.165) is 0 Å². The zero-order valence-electron chi connectivity index (χ0n) is 7.78. The van der Waals surface area contributed by atoms with E-state index in [4.69, 9.17) is 10.2 Å². The molecular formula is C10H16O2. The molecule has 0 aliphatic carbocycles. The Morgan fingerprint density at radius 2 is 1.33 bits per heavy atom. The molecule has 0 aromatic heterocycles. The molecule has 0 bridgehead atoms. The number of phenolic OH excluding ortho intramolecular Hbond substituents is 1. The Bertz CT molecular complexity index is 193. The first-order chi connectivity index (χ1) is 5.39. The zero-order valence-corrected chi connectivity index (χ0v) is 7.78. The summed E-state index contributed by atoms with van der Waals surface area (Å²) in [6.07, 6.45) is 0. The van der Waals surface area contributed by atoms with E-state index < -0.39 is 5.60 Å². The highest BCUT2D eigenvalue weighted by Crippen LogP contribution is 2.02. The predicted molar refractivity (Wildman–Crippen MR) is 50.1 cm³/mol. The van der Waals surface area contributed by atoms with E-state index in [1.807, 2.05) is 6.07 Å². The number of aromatic hydroxyl groups is 1. The van der Waals surface area contributed by atoms with Gasteiger partial charge in [0.25, 0.3) is 0 Å². The van der Waals surface area contributed by atoms with Gasteiger partial charge in [0.15, 0.2) is 0 Å². The van der Waals surface area contributed by atoms with Gasteiger partial charge in [-0.1, -0.05) is 18.2 Å². The summed E-state index contributed by atoms with van der Waals surface area (Å²) in [6, 6.07) is 8.71. The number of phenols is 1. The maximum Gasteiger partial charge on any atom is 0.115 e. The van der Waals surface area contributed by atoms with Crippen LogP contribution in [0.15, 0.2) is 30.3 Å². The van der Waals surface area contributed by atoms with Crippen LogP contribution in [0.3, 0.4) is 0 Å². The van der Waals surface area contributed by atoms with Gasteiger partial charge in [-0.15, -0.1) is 0 Å². The number of hydrogen-bond acceptors (Lipinski definition) is 2. The molecule has 0 aliphatic heterocycles. The molecule has 2 heteroatoms. The van der Waals surface area contributed by atoms with Crippen molar-refractivity contribution in [1.29, 1.82) is 0 Å². The standard InChI is InChI=1S/C6H6O.C4H10O/c7-6-4-2-1-3-5-6;1-4(2,3)5/h1-5,7H;5H,1-3H3. The molecule has 2 nitrogen and oxygen atoms in total. The van der Waals surface area contributed by atoms with Crippen LogP contribution >= 0.6 is 0 Å². The van der Waals surface area contributed by atoms with Crippen LogP contribution in [0.1, 0.15) is 20.8 Å². The Morgan fingerprint density at radius 3 is 1.50 bits per heavy atom. The number of rotatable bonds is 0. The third kappa shape index (κ3) is 11.7. The van der Waals surface area contributed by atoms with Crippen LogP contribution in [-0.2, 0) is 0 Å². The van der Waals surface area contributed by atoms with Crippen LogP contribution in [0.4, 0.5) is 0 Å². The number of benzene rings is 1. The first kappa shape index (κ1) is 11.0. The van der Waals surface area contributed by atoms with E-state index >= 15 is 0 Å². The highest BCUT2D eigenvalue weighted by molar-refractivity contribution is 5.18. The minimum absolute atomic E-state index is 0.322. The van der Waals surface area contributed by atoms with Crippen molar-refractivity contribution < 1.29 is 10.2 Å². The van der Waals surface area contributed by atoms with Crippen molar-refractivity contribution in [1.82, 2.24) is 0 Å². The largest absolute Gasteiger partial charge is 0.508 e. The normalized spacial score (nSPS) is 10.0. The van der Waals surface area contributed by atoms with Crippen LogP contribution in [0.25, 0.3) is 0 Å². The van der Waals surface area contributed by atoms with Gasteiger partial charge in [-0.05, 0) is 32.9 Å². The first-order valence-corrected chi connectivity index (χ1v) is 3.86. The monoisotopic (exact) mass is 168 g/mol. The van der Waals surface area contributed by atoms with Crippen LogP contribution < -0.4 is 0 Å². The van der Waals surface area contributed by atoms with Crippen LogP contribution in [0.5, 0.6) is 5.75 Å². The van der Waals surface area contributed by atoms with Gasteiger partial charge in [0.05, 0.1) is 5.60 Å². The van der Waals surface area contributed by atoms with Crippen molar-refractivity contribution in [3.63, 3.8) is 0 Å². The lowest BCUT2D eigenvalue weighted by atomic mass is 10.2. The van der Waals surface area contributed by atoms with Gasteiger partial charge < -0.3 is 10.2 Å². The molecule has 0 amide bonds. The van der Waals surface area contributed by atoms with Gasteiger partial charge in [0.1, 0.15) is 5.75 Å². The molecule has 0 unspecified atom stereocenters. The second-order valence-corrected chi connectivity index (χ2v) is 3.51. The number of hydrogen-bond donors (Lipinski definition) is 2. The topological polar surface area (TPSA) is 40.5 Å². The Morgan fingerprint density at radius 1 is 1.00 bits per heavy atom. The molecular weight excluding hydrogens is 152 g/mol. The summed E-state index contributed by atoms with van der Waals surface area (Å²) >= 11 is 0. The lowest BCUT2D eigenvalue weighted by Crippen LogP contribution is -2.10. The maximum atomic E-state index is 8.63. The fraction of sp³-hybridized carbons (Fsp3) is 0.400. The van der Waals surface area contributed by atoms with Crippen molar-refractivity contribution >= 4 is 0 Å². The van der Waals surface area contributed by atoms with Gasteiger partial charge >= 0.3 is 0 Å². The molecule has 0 aliphatic rings. The minimum atomic E-state index is -0.500. The van der Waals surface area contributed by atoms with E-state index in [0.29, 0.717) is 5.75 Å². The Hall–Kier alpha value is -1.02. The second-order valence-electron chi connectivity index (χ2n) is 3.51. The molecule has 0 saturated heterocycles. The third-order valence-corrected chi connectivity index (χ3v) is 0.756. The molecule has 12 heavy (non-hydrogen) atoms. The van der Waals surface area contributed by atoms with Crippen molar-refractivity contribution in [3.05, 3.63) is 30.3 Å². The summed E-state index contributed by atoms with van der Waals surface area (Å²) in [7, 11) is 0. The molecule has 1 aromatic carbocycles. The summed E-state index contributed by atoms with van der Waals surface area (Å²) in [5, 5.41) is 17.2. The van der Waals surface area contributed by atoms with Crippen LogP contribution in [0, 0.1) is 0 Å². The molecule has 0 heterocycles. The molecule has 0 fully saturated rings. The predicted octanol–water partition coefficient (Wildman–Crippen LogP) is 2.17. The van der Waals surface area contributed by atoms with Crippen molar-refractivity contribution in [2.24, 2.45) is 0 Å². The SMILES string of the molecule is CC(C)(C)O.Oc1ccccc1. The number of para-hydroxylation sites is 1. The summed E-state index contributed by atoms with van der Waals surface area (Å²) in [6.45, 7) is 5.23. The van der Waals surface area contributed by atoms with Gasteiger partial charge in [-0.3, -0.25) is 0 Å². The maximum absolute atomic E-state index is 8.63. The smallest absolute Gasteiger partial charge is 0.115 e. The van der Waals surface area contributed by atoms with Gasteiger partial charge in [-0.25, -0.2) is 0 Å². The van der Waals surface area contributed by atoms with Gasteiger partial charge in [-0.2, -0.15) is 0 Å². The average molecular weight is 168 g/mol. The summed E-state index contributed by atoms with van der Waals surface area (Å²) in [5.41, 5.74) is -0.500. The lowest BCUT2D eigenvalue weighted by molar-refractivity contribution is 0.102. The van der Waals surface area contributed by atoms with Crippen molar-refractivity contribution in [3.8, 4) is 5.75 Å². The molecule has 0 spiro atoms. The van der Waals surface area contributed by atoms with Crippen LogP contribution in [0.2, 0.25) is 0 Å². The highest BCUT2D eigenvalue weighted by Gasteiger charge is 1.97. The first-order valence-electron chi connectivity index (χ1n) is 3.86. The summed E-state index contributed by atoms with van der Waals surface area (Å²) in [4.78, 5) is 0. The Kier molecular flexibility index (Phi) is 4.37. The van der Waals surface area contributed by atoms with E-state index in [-0.39, 0.29) is 0 Å². The molecule has 0 saturated carbocycles. The third-order valence-electron chi connectivity index (χ3n) is 0.756. The molecule has 68 valence electrons. The van der Waals surface area contributed by atoms with E-state index in [9.17, 15) is 0 Å². The molecule has 2 N–H and O–H groups in total. The van der Waals surface area contributed by atoms with Crippen molar-refractivity contribution in [2.45, 2.75) is 26.4 Å². The second kappa shape index (κ2) is 4.78. The fourth-order valence-corrected chi connectivity index (χ4v) is 0.428. The molecule has 1 rings (SSSR count). The molecule has 0 radical (unpaired) electrons. The minimum Gasteiger partial charge on any atom is -0.508 e. The van der Waals surface area contributed by atoms with E-state index in [1.165, 1.54) is 0 Å². The number of aliphatic hydroxyl groups is 1.